The smallest absolute Gasteiger partial charge is 0.256 e. The lowest BCUT2D eigenvalue weighted by atomic mass is 9.99. The number of hydrogen-bond acceptors (Lipinski definition) is 5. The van der Waals surface area contributed by atoms with Crippen molar-refractivity contribution in [2.24, 2.45) is 7.05 Å². The van der Waals surface area contributed by atoms with E-state index in [-0.39, 0.29) is 10.8 Å². The van der Waals surface area contributed by atoms with E-state index < -0.39 is 16.1 Å². The quantitative estimate of drug-likeness (QED) is 0.854. The molecule has 1 aliphatic heterocycles. The Morgan fingerprint density at radius 2 is 2.04 bits per heavy atom. The first-order chi connectivity index (χ1) is 12.2. The van der Waals surface area contributed by atoms with Crippen LogP contribution in [0.25, 0.3) is 0 Å². The lowest BCUT2D eigenvalue weighted by molar-refractivity contribution is 0.0824. The monoisotopic (exact) mass is 380 g/mol. The fraction of sp³-hybridized carbons (Fsp3) is 0.562. The molecule has 0 aromatic carbocycles. The number of aromatic nitrogens is 4. The number of hydrogen-bond donors (Lipinski definition) is 1. The van der Waals surface area contributed by atoms with Crippen molar-refractivity contribution in [3.05, 3.63) is 29.3 Å². The number of rotatable bonds is 4. The van der Waals surface area contributed by atoms with Gasteiger partial charge in [-0.25, -0.2) is 8.42 Å². The summed E-state index contributed by atoms with van der Waals surface area (Å²) >= 11 is 0. The van der Waals surface area contributed by atoms with Crippen molar-refractivity contribution >= 4 is 15.9 Å². The average Bonchev–Trinajstić information content (AvgIpc) is 3.22. The molecule has 0 saturated carbocycles. The summed E-state index contributed by atoms with van der Waals surface area (Å²) in [6.07, 6.45) is 5.15. The van der Waals surface area contributed by atoms with Crippen LogP contribution in [0.5, 0.6) is 0 Å². The van der Waals surface area contributed by atoms with Gasteiger partial charge in [0.2, 0.25) is 10.0 Å². The number of sulfonamides is 1. The molecular weight excluding hydrogens is 356 g/mol. The van der Waals surface area contributed by atoms with Gasteiger partial charge in [-0.1, -0.05) is 6.42 Å². The predicted octanol–water partition coefficient (Wildman–Crippen LogP) is 1.07. The molecule has 3 heterocycles. The fourth-order valence-electron chi connectivity index (χ4n) is 3.30. The van der Waals surface area contributed by atoms with Crippen LogP contribution in [-0.4, -0.2) is 64.1 Å². The molecule has 26 heavy (non-hydrogen) atoms. The van der Waals surface area contributed by atoms with Gasteiger partial charge in [0.25, 0.3) is 5.91 Å². The third-order valence-electron chi connectivity index (χ3n) is 4.87. The lowest BCUT2D eigenvalue weighted by Crippen LogP contribution is -2.39. The average molecular weight is 380 g/mol. The first-order valence-corrected chi connectivity index (χ1v) is 9.94. The summed E-state index contributed by atoms with van der Waals surface area (Å²) in [5, 5.41) is 10.9. The van der Waals surface area contributed by atoms with Crippen molar-refractivity contribution in [2.75, 3.05) is 20.6 Å². The number of nitrogens with one attached hydrogen (secondary N) is 1. The number of nitrogens with zero attached hydrogens (tertiary/aromatic N) is 5. The van der Waals surface area contributed by atoms with Gasteiger partial charge in [0, 0.05) is 27.7 Å². The predicted molar refractivity (Wildman–Crippen MR) is 95.0 cm³/mol. The van der Waals surface area contributed by atoms with Crippen LogP contribution in [0.2, 0.25) is 0 Å². The minimum absolute atomic E-state index is 0.200. The number of carbonyl (C=O) groups is 1. The highest BCUT2D eigenvalue weighted by molar-refractivity contribution is 7.89. The van der Waals surface area contributed by atoms with Crippen LogP contribution in [0.4, 0.5) is 0 Å². The molecule has 3 rings (SSSR count). The van der Waals surface area contributed by atoms with E-state index in [1.807, 2.05) is 0 Å². The summed E-state index contributed by atoms with van der Waals surface area (Å²) in [6.45, 7) is 2.13. The van der Waals surface area contributed by atoms with Gasteiger partial charge in [-0.3, -0.25) is 14.6 Å². The zero-order chi connectivity index (χ0) is 19.1. The van der Waals surface area contributed by atoms with Gasteiger partial charge in [-0.2, -0.15) is 14.5 Å². The second-order valence-electron chi connectivity index (χ2n) is 6.74. The Bertz CT molecular complexity index is 914. The summed E-state index contributed by atoms with van der Waals surface area (Å²) in [5.41, 5.74) is 1.54. The summed E-state index contributed by atoms with van der Waals surface area (Å²) < 4.78 is 29.6. The van der Waals surface area contributed by atoms with Crippen LogP contribution in [-0.2, 0) is 17.1 Å². The Balaban J connectivity index is 2.04. The molecule has 142 valence electrons. The SMILES string of the molecule is Cc1c(S(=O)(=O)N2CCCCC2c2[nH]ncc2C(=O)N(C)C)cnn1C. The Hall–Kier alpha value is -2.20. The highest BCUT2D eigenvalue weighted by Crippen LogP contribution is 2.36. The summed E-state index contributed by atoms with van der Waals surface area (Å²) in [5.74, 6) is -0.200. The topological polar surface area (TPSA) is 104 Å². The molecule has 1 amide bonds. The standard InChI is InChI=1S/C16H24N6O3S/c1-11-14(10-18-21(11)4)26(24,25)22-8-6-5-7-13(22)15-12(9-17-19-15)16(23)20(2)3/h9-10,13H,5-8H2,1-4H3,(H,17,19). The molecule has 9 nitrogen and oxygen atoms in total. The molecule has 1 fully saturated rings. The van der Waals surface area contributed by atoms with Crippen LogP contribution in [0.15, 0.2) is 17.3 Å². The Kier molecular flexibility index (Phi) is 4.89. The van der Waals surface area contributed by atoms with Crippen LogP contribution in [0, 0.1) is 6.92 Å². The molecule has 1 aliphatic rings. The maximum Gasteiger partial charge on any atom is 0.256 e. The van der Waals surface area contributed by atoms with Crippen molar-refractivity contribution in [3.63, 3.8) is 0 Å². The van der Waals surface area contributed by atoms with E-state index in [2.05, 4.69) is 15.3 Å². The molecule has 2 aromatic rings. The van der Waals surface area contributed by atoms with Crippen LogP contribution in [0.3, 0.4) is 0 Å². The van der Waals surface area contributed by atoms with Crippen LogP contribution in [0.1, 0.15) is 47.1 Å². The molecule has 10 heteroatoms. The number of amides is 1. The largest absolute Gasteiger partial charge is 0.345 e. The molecular formula is C16H24N6O3S. The first-order valence-electron chi connectivity index (χ1n) is 8.50. The zero-order valence-electron chi connectivity index (χ0n) is 15.4. The van der Waals surface area contributed by atoms with Gasteiger partial charge in [0.05, 0.1) is 35.4 Å². The van der Waals surface area contributed by atoms with Gasteiger partial charge >= 0.3 is 0 Å². The van der Waals surface area contributed by atoms with E-state index in [4.69, 9.17) is 0 Å². The molecule has 1 N–H and O–H groups in total. The zero-order valence-corrected chi connectivity index (χ0v) is 16.2. The fourth-order valence-corrected chi connectivity index (χ4v) is 5.15. The van der Waals surface area contributed by atoms with Gasteiger partial charge < -0.3 is 4.90 Å². The van der Waals surface area contributed by atoms with Crippen LogP contribution < -0.4 is 0 Å². The van der Waals surface area contributed by atoms with Crippen molar-refractivity contribution in [1.82, 2.24) is 29.2 Å². The summed E-state index contributed by atoms with van der Waals surface area (Å²) in [4.78, 5) is 14.1. The minimum atomic E-state index is -3.73. The number of H-pyrrole nitrogens is 1. The van der Waals surface area contributed by atoms with E-state index in [0.717, 1.165) is 12.8 Å². The van der Waals surface area contributed by atoms with E-state index in [1.165, 1.54) is 21.6 Å². The first kappa shape index (κ1) is 18.6. The van der Waals surface area contributed by atoms with Crippen molar-refractivity contribution in [3.8, 4) is 0 Å². The summed E-state index contributed by atoms with van der Waals surface area (Å²) in [6, 6.07) is -0.449. The minimum Gasteiger partial charge on any atom is -0.345 e. The highest BCUT2D eigenvalue weighted by atomic mass is 32.2. The number of carbonyl (C=O) groups excluding carboxylic acids is 1. The van der Waals surface area contributed by atoms with Gasteiger partial charge in [-0.15, -0.1) is 0 Å². The second-order valence-corrected chi connectivity index (χ2v) is 8.60. The second kappa shape index (κ2) is 6.84. The summed E-state index contributed by atoms with van der Waals surface area (Å²) in [7, 11) is 1.30. The van der Waals surface area contributed by atoms with Crippen molar-refractivity contribution in [1.29, 1.82) is 0 Å². The molecule has 1 atom stereocenters. The van der Waals surface area contributed by atoms with Crippen molar-refractivity contribution < 1.29 is 13.2 Å². The molecule has 0 bridgehead atoms. The van der Waals surface area contributed by atoms with Crippen LogP contribution >= 0.6 is 0 Å². The Morgan fingerprint density at radius 3 is 2.65 bits per heavy atom. The Labute approximate surface area is 153 Å². The van der Waals surface area contributed by atoms with Gasteiger partial charge in [-0.05, 0) is 19.8 Å². The highest BCUT2D eigenvalue weighted by Gasteiger charge is 2.38. The number of aryl methyl sites for hydroxylation is 1. The van der Waals surface area contributed by atoms with E-state index in [1.54, 1.807) is 32.7 Å². The van der Waals surface area contributed by atoms with E-state index in [0.29, 0.717) is 29.9 Å². The molecule has 0 radical (unpaired) electrons. The van der Waals surface area contributed by atoms with Gasteiger partial charge in [0.1, 0.15) is 4.90 Å². The Morgan fingerprint density at radius 1 is 1.31 bits per heavy atom. The molecule has 0 aliphatic carbocycles. The number of piperidine rings is 1. The molecule has 2 aromatic heterocycles. The van der Waals surface area contributed by atoms with Gasteiger partial charge in [0.15, 0.2) is 0 Å². The molecule has 0 spiro atoms. The van der Waals surface area contributed by atoms with E-state index >= 15 is 0 Å². The van der Waals surface area contributed by atoms with Crippen molar-refractivity contribution in [2.45, 2.75) is 37.1 Å². The molecule has 1 unspecified atom stereocenters. The normalized spacial score (nSPS) is 18.8. The third-order valence-corrected chi connectivity index (χ3v) is 6.88. The number of aromatic amines is 1. The lowest BCUT2D eigenvalue weighted by Gasteiger charge is -2.34. The molecule has 1 saturated heterocycles. The maximum absolute atomic E-state index is 13.3. The van der Waals surface area contributed by atoms with E-state index in [9.17, 15) is 13.2 Å². The maximum atomic E-state index is 13.3. The third kappa shape index (κ3) is 3.03.